The van der Waals surface area contributed by atoms with Gasteiger partial charge in [0.25, 0.3) is 0 Å². The number of aliphatic hydroxyl groups excluding tert-OH is 1. The van der Waals surface area contributed by atoms with Gasteiger partial charge in [0, 0.05) is 42.9 Å². The summed E-state index contributed by atoms with van der Waals surface area (Å²) in [6.07, 6.45) is 4.85. The predicted octanol–water partition coefficient (Wildman–Crippen LogP) is 4.77. The van der Waals surface area contributed by atoms with Crippen LogP contribution < -0.4 is 10.2 Å². The number of amides is 1. The molecule has 2 fully saturated rings. The number of carbonyl (C=O) groups excluding carboxylic acids is 1. The molecule has 13 heteroatoms. The lowest BCUT2D eigenvalue weighted by Crippen LogP contribution is -2.55. The molecular weight excluding hydrogens is 580 g/mol. The molecule has 2 N–H and O–H groups in total. The van der Waals surface area contributed by atoms with E-state index in [1.807, 2.05) is 57.5 Å². The number of nitrogens with zero attached hydrogens (tertiary/aromatic N) is 5. The number of carbonyl (C=O) groups is 1. The first-order valence-corrected chi connectivity index (χ1v) is 15.3. The first kappa shape index (κ1) is 30.8. The minimum atomic E-state index is -0.573. The zero-order valence-corrected chi connectivity index (χ0v) is 26.5. The van der Waals surface area contributed by atoms with Crippen LogP contribution in [-0.4, -0.2) is 75.1 Å². The number of halogens is 1. The number of aromatic nitrogens is 4. The maximum atomic E-state index is 12.6. The molecule has 1 spiro atoms. The molecule has 3 aromatic heterocycles. The van der Waals surface area contributed by atoms with Gasteiger partial charge in [-0.05, 0) is 53.5 Å². The fourth-order valence-corrected chi connectivity index (χ4v) is 6.92. The van der Waals surface area contributed by atoms with Gasteiger partial charge in [0.2, 0.25) is 0 Å². The lowest BCUT2D eigenvalue weighted by molar-refractivity contribution is 0.0434. The average molecular weight is 619 g/mol. The topological polar surface area (TPSA) is 123 Å². The zero-order valence-electron chi connectivity index (χ0n) is 24.9. The summed E-state index contributed by atoms with van der Waals surface area (Å²) in [5.41, 5.74) is 1.92. The molecule has 2 atom stereocenters. The number of pyridine rings is 1. The van der Waals surface area contributed by atoms with Gasteiger partial charge < -0.3 is 33.9 Å². The maximum Gasteiger partial charge on any atom is 0.407 e. The Balaban J connectivity index is 1.31. The molecule has 0 radical (unpaired) electrons. The Hall–Kier alpha value is -2.64. The van der Waals surface area contributed by atoms with Crippen LogP contribution in [-0.2, 0) is 27.4 Å². The number of alkyl carbamates (subject to hydrolysis) is 1. The molecule has 3 aromatic rings. The van der Waals surface area contributed by atoms with Gasteiger partial charge in [-0.25, -0.2) is 19.7 Å². The van der Waals surface area contributed by atoms with Crippen LogP contribution in [0.4, 0.5) is 10.6 Å². The molecule has 228 valence electrons. The maximum absolute atomic E-state index is 12.6. The Labute approximate surface area is 255 Å². The number of hydrogen-bond acceptors (Lipinski definition) is 10. The highest BCUT2D eigenvalue weighted by atomic mass is 35.5. The van der Waals surface area contributed by atoms with Crippen LogP contribution in [0.5, 0.6) is 0 Å². The van der Waals surface area contributed by atoms with Crippen molar-refractivity contribution in [2.45, 2.75) is 88.3 Å². The highest BCUT2D eigenvalue weighted by Gasteiger charge is 2.50. The molecule has 0 aliphatic carbocycles. The SMILES string of the molecule is COCc1cn2ccc(Sc3nc(CO)c(N4CCC5(CC4)CO[C@@H](C)[C@H]5NC(=O)OC(C)(C)C)nc3C)c(Cl)c2n1. The van der Waals surface area contributed by atoms with Crippen molar-refractivity contribution in [1.29, 1.82) is 0 Å². The van der Waals surface area contributed by atoms with E-state index in [4.69, 9.17) is 35.8 Å². The molecular formula is C29H39ClN6O5S. The summed E-state index contributed by atoms with van der Waals surface area (Å²) in [5.74, 6) is 0.678. The Morgan fingerprint density at radius 2 is 2.02 bits per heavy atom. The average Bonchev–Trinajstić information content (AvgIpc) is 3.48. The van der Waals surface area contributed by atoms with Gasteiger partial charge in [0.15, 0.2) is 11.5 Å². The number of rotatable bonds is 7. The number of methoxy groups -OCH3 is 1. The fourth-order valence-electron chi connectivity index (χ4n) is 5.74. The van der Waals surface area contributed by atoms with Gasteiger partial charge in [0.05, 0.1) is 48.4 Å². The lowest BCUT2D eigenvalue weighted by Gasteiger charge is -2.43. The molecule has 5 heterocycles. The van der Waals surface area contributed by atoms with Gasteiger partial charge in [-0.1, -0.05) is 23.4 Å². The van der Waals surface area contributed by atoms with Crippen molar-refractivity contribution in [2.24, 2.45) is 5.41 Å². The summed E-state index contributed by atoms with van der Waals surface area (Å²) >= 11 is 8.13. The summed E-state index contributed by atoms with van der Waals surface area (Å²) in [5, 5.41) is 14.6. The fraction of sp³-hybridized carbons (Fsp3) is 0.586. The normalized spacial score (nSPS) is 20.4. The van der Waals surface area contributed by atoms with E-state index >= 15 is 0 Å². The largest absolute Gasteiger partial charge is 0.444 e. The van der Waals surface area contributed by atoms with Crippen molar-refractivity contribution >= 4 is 40.9 Å². The number of ether oxygens (including phenoxy) is 3. The third-order valence-corrected chi connectivity index (χ3v) is 9.43. The predicted molar refractivity (Wildman–Crippen MR) is 160 cm³/mol. The van der Waals surface area contributed by atoms with Crippen molar-refractivity contribution in [2.75, 3.05) is 31.7 Å². The van der Waals surface area contributed by atoms with Crippen molar-refractivity contribution in [1.82, 2.24) is 24.7 Å². The second-order valence-corrected chi connectivity index (χ2v) is 13.4. The number of imidazole rings is 1. The third kappa shape index (κ3) is 6.33. The molecule has 1 amide bonds. The van der Waals surface area contributed by atoms with E-state index in [-0.39, 0.29) is 24.2 Å². The molecule has 2 saturated heterocycles. The second-order valence-electron chi connectivity index (χ2n) is 12.0. The van der Waals surface area contributed by atoms with E-state index in [0.29, 0.717) is 53.5 Å². The Bertz CT molecular complexity index is 1450. The number of nitrogens with one attached hydrogen (secondary N) is 1. The molecule has 0 aromatic carbocycles. The molecule has 0 saturated carbocycles. The van der Waals surface area contributed by atoms with Gasteiger partial charge >= 0.3 is 6.09 Å². The highest BCUT2D eigenvalue weighted by molar-refractivity contribution is 7.99. The summed E-state index contributed by atoms with van der Waals surface area (Å²) in [7, 11) is 1.63. The Morgan fingerprint density at radius 3 is 2.69 bits per heavy atom. The highest BCUT2D eigenvalue weighted by Crippen LogP contribution is 2.44. The van der Waals surface area contributed by atoms with E-state index < -0.39 is 11.7 Å². The van der Waals surface area contributed by atoms with Crippen LogP contribution in [0, 0.1) is 12.3 Å². The van der Waals surface area contributed by atoms with Crippen LogP contribution in [0.2, 0.25) is 5.02 Å². The van der Waals surface area contributed by atoms with Crippen LogP contribution >= 0.6 is 23.4 Å². The second kappa shape index (κ2) is 12.2. The zero-order chi connectivity index (χ0) is 30.2. The summed E-state index contributed by atoms with van der Waals surface area (Å²) < 4.78 is 18.6. The molecule has 2 aliphatic rings. The van der Waals surface area contributed by atoms with E-state index in [0.717, 1.165) is 29.1 Å². The first-order valence-electron chi connectivity index (χ1n) is 14.1. The van der Waals surface area contributed by atoms with Gasteiger partial charge in [0.1, 0.15) is 16.3 Å². The van der Waals surface area contributed by atoms with E-state index in [9.17, 15) is 9.90 Å². The standard InChI is InChI=1S/C29H39ClN6O5S/c1-17-26(42-21-7-10-36-13-19(15-39-6)32-25(36)22(21)30)33-20(14-37)24(31-17)35-11-8-29(9-12-35)16-40-18(2)23(29)34-27(38)41-28(3,4)5/h7,10,13,18,23,37H,8-9,11-12,14-16H2,1-6H3,(H,34,38)/t18-,23+/m0/s1. The van der Waals surface area contributed by atoms with Crippen molar-refractivity contribution in [3.8, 4) is 0 Å². The molecule has 42 heavy (non-hydrogen) atoms. The van der Waals surface area contributed by atoms with Gasteiger partial charge in [-0.3, -0.25) is 0 Å². The molecule has 0 unspecified atom stereocenters. The summed E-state index contributed by atoms with van der Waals surface area (Å²) in [6, 6.07) is 1.77. The number of fused-ring (bicyclic) bond motifs is 1. The van der Waals surface area contributed by atoms with Crippen LogP contribution in [0.3, 0.4) is 0 Å². The quantitative estimate of drug-likeness (QED) is 0.382. The lowest BCUT2D eigenvalue weighted by atomic mass is 9.73. The minimum Gasteiger partial charge on any atom is -0.444 e. The van der Waals surface area contributed by atoms with Gasteiger partial charge in [-0.15, -0.1) is 0 Å². The first-order chi connectivity index (χ1) is 19.9. The Kier molecular flexibility index (Phi) is 8.92. The molecule has 0 bridgehead atoms. The Morgan fingerprint density at radius 1 is 1.29 bits per heavy atom. The van der Waals surface area contributed by atoms with E-state index in [1.54, 1.807) is 7.11 Å². The number of aliphatic hydroxyl groups is 1. The number of hydrogen-bond donors (Lipinski definition) is 2. The van der Waals surface area contributed by atoms with Crippen LogP contribution in [0.1, 0.15) is 57.6 Å². The monoisotopic (exact) mass is 618 g/mol. The number of piperidine rings is 1. The summed E-state index contributed by atoms with van der Waals surface area (Å²) in [4.78, 5) is 29.9. The van der Waals surface area contributed by atoms with Crippen molar-refractivity contribution in [3.63, 3.8) is 0 Å². The third-order valence-electron chi connectivity index (χ3n) is 7.80. The van der Waals surface area contributed by atoms with Crippen molar-refractivity contribution < 1.29 is 24.1 Å². The van der Waals surface area contributed by atoms with E-state index in [2.05, 4.69) is 15.2 Å². The minimum absolute atomic E-state index is 0.116. The van der Waals surface area contributed by atoms with Crippen molar-refractivity contribution in [3.05, 3.63) is 40.6 Å². The number of anilines is 1. The molecule has 2 aliphatic heterocycles. The smallest absolute Gasteiger partial charge is 0.407 e. The van der Waals surface area contributed by atoms with Crippen LogP contribution in [0.15, 0.2) is 28.4 Å². The molecule has 11 nitrogen and oxygen atoms in total. The van der Waals surface area contributed by atoms with Crippen LogP contribution in [0.25, 0.3) is 5.65 Å². The summed E-state index contributed by atoms with van der Waals surface area (Å²) in [6.45, 7) is 11.6. The number of aryl methyl sites for hydroxylation is 1. The van der Waals surface area contributed by atoms with E-state index in [1.165, 1.54) is 11.8 Å². The van der Waals surface area contributed by atoms with Gasteiger partial charge in [-0.2, -0.15) is 0 Å². The molecule has 5 rings (SSSR count).